The van der Waals surface area contributed by atoms with E-state index in [0.717, 1.165) is 11.1 Å². The van der Waals surface area contributed by atoms with Gasteiger partial charge in [0, 0.05) is 5.56 Å². The second-order valence-corrected chi connectivity index (χ2v) is 2.92. The first-order chi connectivity index (χ1) is 6.27. The van der Waals surface area contributed by atoms with E-state index < -0.39 is 0 Å². The predicted octanol–water partition coefficient (Wildman–Crippen LogP) is 2.15. The van der Waals surface area contributed by atoms with Crippen molar-refractivity contribution in [3.8, 4) is 17.9 Å². The molecule has 1 aromatic rings. The lowest BCUT2D eigenvalue weighted by molar-refractivity contribution is 1.38. The topological polar surface area (TPSA) is 23.8 Å². The number of thiol groups is 1. The minimum atomic E-state index is 0.537. The van der Waals surface area contributed by atoms with Crippen molar-refractivity contribution in [3.63, 3.8) is 0 Å². The van der Waals surface area contributed by atoms with Gasteiger partial charge in [-0.15, -0.1) is 0 Å². The standard InChI is InChI=1S/C11H9NS/c1-9-4-5-10(3-2-6-13)7-11(9)8-12/h4-5,7,13H,6H2,1H3. The van der Waals surface area contributed by atoms with Gasteiger partial charge in [0.15, 0.2) is 0 Å². The third kappa shape index (κ3) is 2.54. The smallest absolute Gasteiger partial charge is 0.0994 e. The molecule has 0 aliphatic heterocycles. The lowest BCUT2D eigenvalue weighted by atomic mass is 10.1. The fraction of sp³-hybridized carbons (Fsp3) is 0.182. The largest absolute Gasteiger partial charge is 0.192 e. The molecule has 0 aliphatic rings. The van der Waals surface area contributed by atoms with Crippen molar-refractivity contribution in [3.05, 3.63) is 34.9 Å². The number of aryl methyl sites for hydroxylation is 1. The second-order valence-electron chi connectivity index (χ2n) is 2.60. The Kier molecular flexibility index (Phi) is 3.43. The van der Waals surface area contributed by atoms with E-state index in [2.05, 4.69) is 30.5 Å². The molecule has 0 radical (unpaired) electrons. The van der Waals surface area contributed by atoms with Gasteiger partial charge in [0.25, 0.3) is 0 Å². The molecule has 0 amide bonds. The van der Waals surface area contributed by atoms with Crippen molar-refractivity contribution < 1.29 is 0 Å². The van der Waals surface area contributed by atoms with Gasteiger partial charge in [-0.05, 0) is 24.6 Å². The molecule has 1 aromatic carbocycles. The van der Waals surface area contributed by atoms with Gasteiger partial charge in [-0.25, -0.2) is 0 Å². The maximum absolute atomic E-state index is 8.76. The summed E-state index contributed by atoms with van der Waals surface area (Å²) in [5, 5.41) is 8.76. The van der Waals surface area contributed by atoms with E-state index >= 15 is 0 Å². The van der Waals surface area contributed by atoms with E-state index in [4.69, 9.17) is 5.26 Å². The van der Waals surface area contributed by atoms with Crippen LogP contribution in [-0.4, -0.2) is 5.75 Å². The minimum Gasteiger partial charge on any atom is -0.192 e. The van der Waals surface area contributed by atoms with Gasteiger partial charge >= 0.3 is 0 Å². The first kappa shape index (κ1) is 9.71. The van der Waals surface area contributed by atoms with Gasteiger partial charge < -0.3 is 0 Å². The maximum atomic E-state index is 8.76. The third-order valence-electron chi connectivity index (χ3n) is 1.67. The lowest BCUT2D eigenvalue weighted by Crippen LogP contribution is -1.83. The highest BCUT2D eigenvalue weighted by atomic mass is 32.1. The number of nitrogens with zero attached hydrogens (tertiary/aromatic N) is 1. The second kappa shape index (κ2) is 4.60. The van der Waals surface area contributed by atoms with Crippen LogP contribution in [0, 0.1) is 30.1 Å². The summed E-state index contributed by atoms with van der Waals surface area (Å²) < 4.78 is 0. The van der Waals surface area contributed by atoms with Crippen LogP contribution in [0.15, 0.2) is 18.2 Å². The van der Waals surface area contributed by atoms with E-state index in [0.29, 0.717) is 11.3 Å². The van der Waals surface area contributed by atoms with Crippen molar-refractivity contribution in [1.82, 2.24) is 0 Å². The molecule has 0 N–H and O–H groups in total. The molecule has 0 bridgehead atoms. The highest BCUT2D eigenvalue weighted by Gasteiger charge is 1.96. The molecule has 1 rings (SSSR count). The Morgan fingerprint density at radius 2 is 2.23 bits per heavy atom. The highest BCUT2D eigenvalue weighted by Crippen LogP contribution is 2.08. The lowest BCUT2D eigenvalue weighted by Gasteiger charge is -1.96. The number of hydrogen-bond acceptors (Lipinski definition) is 2. The fourth-order valence-electron chi connectivity index (χ4n) is 0.962. The fourth-order valence-corrected chi connectivity index (χ4v) is 1.04. The molecule has 0 aliphatic carbocycles. The van der Waals surface area contributed by atoms with Crippen LogP contribution >= 0.6 is 12.6 Å². The third-order valence-corrected chi connectivity index (χ3v) is 1.83. The molecule has 1 nitrogen and oxygen atoms in total. The molecule has 0 atom stereocenters. The number of benzene rings is 1. The van der Waals surface area contributed by atoms with Gasteiger partial charge in [-0.1, -0.05) is 17.9 Å². The van der Waals surface area contributed by atoms with E-state index in [1.165, 1.54) is 0 Å². The molecular formula is C11H9NS. The Hall–Kier alpha value is -1.38. The summed E-state index contributed by atoms with van der Waals surface area (Å²) in [6.45, 7) is 1.91. The monoisotopic (exact) mass is 187 g/mol. The molecule has 0 saturated heterocycles. The van der Waals surface area contributed by atoms with Gasteiger partial charge in [-0.3, -0.25) is 0 Å². The minimum absolute atomic E-state index is 0.537. The normalized spacial score (nSPS) is 8.38. The van der Waals surface area contributed by atoms with E-state index in [-0.39, 0.29) is 0 Å². The molecule has 0 aromatic heterocycles. The van der Waals surface area contributed by atoms with Crippen molar-refractivity contribution in [2.24, 2.45) is 0 Å². The van der Waals surface area contributed by atoms with Crippen molar-refractivity contribution >= 4 is 12.6 Å². The zero-order valence-corrected chi connectivity index (χ0v) is 8.23. The van der Waals surface area contributed by atoms with Crippen LogP contribution in [0.1, 0.15) is 16.7 Å². The van der Waals surface area contributed by atoms with Gasteiger partial charge in [0.05, 0.1) is 17.4 Å². The van der Waals surface area contributed by atoms with Gasteiger partial charge in [-0.2, -0.15) is 17.9 Å². The Morgan fingerprint density at radius 1 is 1.46 bits per heavy atom. The highest BCUT2D eigenvalue weighted by molar-refractivity contribution is 7.80. The van der Waals surface area contributed by atoms with Crippen LogP contribution in [-0.2, 0) is 0 Å². The van der Waals surface area contributed by atoms with E-state index in [1.54, 1.807) is 6.07 Å². The molecule has 0 heterocycles. The van der Waals surface area contributed by atoms with Crippen molar-refractivity contribution in [2.45, 2.75) is 6.92 Å². The average molecular weight is 187 g/mol. The quantitative estimate of drug-likeness (QED) is 0.488. The van der Waals surface area contributed by atoms with E-state index in [9.17, 15) is 0 Å². The number of rotatable bonds is 0. The van der Waals surface area contributed by atoms with Crippen LogP contribution < -0.4 is 0 Å². The Labute approximate surface area is 83.8 Å². The molecule has 2 heteroatoms. The Balaban J connectivity index is 3.08. The first-order valence-corrected chi connectivity index (χ1v) is 4.51. The van der Waals surface area contributed by atoms with Crippen LogP contribution in [0.5, 0.6) is 0 Å². The molecule has 13 heavy (non-hydrogen) atoms. The summed E-state index contributed by atoms with van der Waals surface area (Å²) in [5.41, 5.74) is 2.54. The van der Waals surface area contributed by atoms with E-state index in [1.807, 2.05) is 19.1 Å². The Morgan fingerprint density at radius 3 is 2.85 bits per heavy atom. The molecule has 64 valence electrons. The molecular weight excluding hydrogens is 178 g/mol. The summed E-state index contributed by atoms with van der Waals surface area (Å²) in [4.78, 5) is 0. The summed E-state index contributed by atoms with van der Waals surface area (Å²) in [6, 6.07) is 7.74. The van der Waals surface area contributed by atoms with Crippen molar-refractivity contribution in [1.29, 1.82) is 5.26 Å². The summed E-state index contributed by atoms with van der Waals surface area (Å²) in [5.74, 6) is 6.30. The van der Waals surface area contributed by atoms with Crippen LogP contribution in [0.3, 0.4) is 0 Å². The number of nitriles is 1. The maximum Gasteiger partial charge on any atom is 0.0994 e. The molecule has 0 spiro atoms. The van der Waals surface area contributed by atoms with Gasteiger partial charge in [0.1, 0.15) is 0 Å². The zero-order valence-electron chi connectivity index (χ0n) is 7.33. The predicted molar refractivity (Wildman–Crippen MR) is 56.6 cm³/mol. The molecule has 0 fully saturated rings. The zero-order chi connectivity index (χ0) is 9.68. The average Bonchev–Trinajstić information content (AvgIpc) is 2.16. The first-order valence-electron chi connectivity index (χ1n) is 3.88. The summed E-state index contributed by atoms with van der Waals surface area (Å²) >= 11 is 3.98. The SMILES string of the molecule is Cc1ccc(C#CCS)cc1C#N. The number of hydrogen-bond donors (Lipinski definition) is 1. The van der Waals surface area contributed by atoms with Crippen LogP contribution in [0.25, 0.3) is 0 Å². The Bertz CT molecular complexity index is 404. The summed E-state index contributed by atoms with van der Waals surface area (Å²) in [7, 11) is 0. The van der Waals surface area contributed by atoms with Crippen LogP contribution in [0.2, 0.25) is 0 Å². The molecule has 0 saturated carbocycles. The molecule has 0 unspecified atom stereocenters. The summed E-state index contributed by atoms with van der Waals surface area (Å²) in [6.07, 6.45) is 0. The van der Waals surface area contributed by atoms with Crippen LogP contribution in [0.4, 0.5) is 0 Å². The van der Waals surface area contributed by atoms with Crippen molar-refractivity contribution in [2.75, 3.05) is 5.75 Å². The van der Waals surface area contributed by atoms with Gasteiger partial charge in [0.2, 0.25) is 0 Å².